The van der Waals surface area contributed by atoms with E-state index in [1.54, 1.807) is 0 Å². The Bertz CT molecular complexity index is 429. The molecular formula is C16H29N3S. The van der Waals surface area contributed by atoms with Gasteiger partial charge < -0.3 is 10.2 Å². The predicted molar refractivity (Wildman–Crippen MR) is 87.5 cm³/mol. The minimum atomic E-state index is 0.113. The lowest BCUT2D eigenvalue weighted by molar-refractivity contribution is 0.266. The molecule has 3 nitrogen and oxygen atoms in total. The van der Waals surface area contributed by atoms with Gasteiger partial charge in [0.2, 0.25) is 0 Å². The third kappa shape index (κ3) is 3.23. The second kappa shape index (κ2) is 7.01. The lowest BCUT2D eigenvalue weighted by Gasteiger charge is -2.32. The zero-order chi connectivity index (χ0) is 14.6. The SMILES string of the molecule is CCNC1(c2nc(CC)c(C)s2)CCCN(CC)CC1. The third-order valence-electron chi connectivity index (χ3n) is 4.53. The number of thiazole rings is 1. The smallest absolute Gasteiger partial charge is 0.113 e. The molecule has 2 rings (SSSR count). The van der Waals surface area contributed by atoms with Gasteiger partial charge in [-0.05, 0) is 52.2 Å². The molecular weight excluding hydrogens is 266 g/mol. The fraction of sp³-hybridized carbons (Fsp3) is 0.812. The number of nitrogens with zero attached hydrogens (tertiary/aromatic N) is 2. The van der Waals surface area contributed by atoms with E-state index in [4.69, 9.17) is 4.98 Å². The molecule has 20 heavy (non-hydrogen) atoms. The number of hydrogen-bond donors (Lipinski definition) is 1. The lowest BCUT2D eigenvalue weighted by atomic mass is 9.91. The zero-order valence-corrected chi connectivity index (χ0v) is 14.3. The molecule has 1 unspecified atom stereocenters. The van der Waals surface area contributed by atoms with Gasteiger partial charge in [0, 0.05) is 11.4 Å². The van der Waals surface area contributed by atoms with Gasteiger partial charge in [-0.1, -0.05) is 20.8 Å². The maximum absolute atomic E-state index is 4.97. The molecule has 1 aliphatic rings. The molecule has 0 spiro atoms. The number of hydrogen-bond acceptors (Lipinski definition) is 4. The largest absolute Gasteiger partial charge is 0.306 e. The van der Waals surface area contributed by atoms with E-state index in [1.807, 2.05) is 11.3 Å². The van der Waals surface area contributed by atoms with Crippen LogP contribution < -0.4 is 5.32 Å². The van der Waals surface area contributed by atoms with Crippen LogP contribution in [-0.4, -0.2) is 36.1 Å². The van der Waals surface area contributed by atoms with E-state index < -0.39 is 0 Å². The topological polar surface area (TPSA) is 28.2 Å². The van der Waals surface area contributed by atoms with Gasteiger partial charge in [0.25, 0.3) is 0 Å². The van der Waals surface area contributed by atoms with E-state index in [2.05, 4.69) is 37.9 Å². The summed E-state index contributed by atoms with van der Waals surface area (Å²) in [6, 6.07) is 0. The quantitative estimate of drug-likeness (QED) is 0.903. The highest BCUT2D eigenvalue weighted by atomic mass is 32.1. The summed E-state index contributed by atoms with van der Waals surface area (Å²) in [5.41, 5.74) is 1.40. The molecule has 1 aromatic heterocycles. The second-order valence-electron chi connectivity index (χ2n) is 5.78. The van der Waals surface area contributed by atoms with Gasteiger partial charge in [0.1, 0.15) is 5.01 Å². The molecule has 0 bridgehead atoms. The molecule has 1 atom stereocenters. The first-order chi connectivity index (χ1) is 9.65. The Hall–Kier alpha value is -0.450. The van der Waals surface area contributed by atoms with Crippen LogP contribution in [0.5, 0.6) is 0 Å². The molecule has 0 aromatic carbocycles. The normalized spacial score (nSPS) is 24.8. The minimum Gasteiger partial charge on any atom is -0.306 e. The summed E-state index contributed by atoms with van der Waals surface area (Å²) in [6.45, 7) is 13.5. The number of nitrogens with one attached hydrogen (secondary N) is 1. The van der Waals surface area contributed by atoms with Crippen LogP contribution in [0.25, 0.3) is 0 Å². The van der Waals surface area contributed by atoms with Crippen LogP contribution in [0.4, 0.5) is 0 Å². The summed E-state index contributed by atoms with van der Waals surface area (Å²) in [4.78, 5) is 8.94. The summed E-state index contributed by atoms with van der Waals surface area (Å²) in [7, 11) is 0. The van der Waals surface area contributed by atoms with Gasteiger partial charge in [-0.2, -0.15) is 0 Å². The molecule has 1 saturated heterocycles. The maximum Gasteiger partial charge on any atom is 0.113 e. The van der Waals surface area contributed by atoms with Gasteiger partial charge in [0.15, 0.2) is 0 Å². The third-order valence-corrected chi connectivity index (χ3v) is 5.75. The summed E-state index contributed by atoms with van der Waals surface area (Å²) in [6.07, 6.45) is 4.71. The van der Waals surface area contributed by atoms with Crippen molar-refractivity contribution in [3.63, 3.8) is 0 Å². The molecule has 0 saturated carbocycles. The average Bonchev–Trinajstić information content (AvgIpc) is 2.70. The van der Waals surface area contributed by atoms with Crippen molar-refractivity contribution in [1.29, 1.82) is 0 Å². The minimum absolute atomic E-state index is 0.113. The van der Waals surface area contributed by atoms with Crippen molar-refractivity contribution in [1.82, 2.24) is 15.2 Å². The van der Waals surface area contributed by atoms with E-state index >= 15 is 0 Å². The lowest BCUT2D eigenvalue weighted by Crippen LogP contribution is -2.43. The van der Waals surface area contributed by atoms with Crippen LogP contribution in [0, 0.1) is 6.92 Å². The van der Waals surface area contributed by atoms with Crippen molar-refractivity contribution in [2.75, 3.05) is 26.2 Å². The standard InChI is InChI=1S/C16H29N3S/c1-5-14-13(4)20-15(18-14)16(17-6-2)9-8-11-19(7-3)12-10-16/h17H,5-12H2,1-4H3. The molecule has 0 aliphatic carbocycles. The Kier molecular flexibility index (Phi) is 5.58. The van der Waals surface area contributed by atoms with Gasteiger partial charge in [0.05, 0.1) is 11.2 Å². The molecule has 0 radical (unpaired) electrons. The highest BCUT2D eigenvalue weighted by Crippen LogP contribution is 2.36. The van der Waals surface area contributed by atoms with Gasteiger partial charge in [-0.25, -0.2) is 4.98 Å². The van der Waals surface area contributed by atoms with E-state index in [9.17, 15) is 0 Å². The van der Waals surface area contributed by atoms with Crippen LogP contribution in [0.2, 0.25) is 0 Å². The van der Waals surface area contributed by atoms with E-state index in [0.29, 0.717) is 0 Å². The molecule has 1 fully saturated rings. The molecule has 0 amide bonds. The molecule has 114 valence electrons. The van der Waals surface area contributed by atoms with Crippen molar-refractivity contribution < 1.29 is 0 Å². The van der Waals surface area contributed by atoms with Crippen molar-refractivity contribution in [3.8, 4) is 0 Å². The Morgan fingerprint density at radius 3 is 2.65 bits per heavy atom. The number of aryl methyl sites for hydroxylation is 2. The first kappa shape index (κ1) is 15.9. The highest BCUT2D eigenvalue weighted by Gasteiger charge is 2.36. The second-order valence-corrected chi connectivity index (χ2v) is 6.98. The summed E-state index contributed by atoms with van der Waals surface area (Å²) in [5, 5.41) is 5.11. The fourth-order valence-electron chi connectivity index (χ4n) is 3.27. The summed E-state index contributed by atoms with van der Waals surface area (Å²) >= 11 is 1.91. The first-order valence-corrected chi connectivity index (χ1v) is 8.91. The Labute approximate surface area is 127 Å². The molecule has 1 N–H and O–H groups in total. The van der Waals surface area contributed by atoms with Crippen LogP contribution >= 0.6 is 11.3 Å². The summed E-state index contributed by atoms with van der Waals surface area (Å²) in [5.74, 6) is 0. The van der Waals surface area contributed by atoms with Crippen LogP contribution in [0.3, 0.4) is 0 Å². The van der Waals surface area contributed by atoms with Crippen molar-refractivity contribution in [2.45, 2.75) is 58.9 Å². The Morgan fingerprint density at radius 1 is 1.25 bits per heavy atom. The van der Waals surface area contributed by atoms with Gasteiger partial charge >= 0.3 is 0 Å². The van der Waals surface area contributed by atoms with E-state index in [1.165, 1.54) is 54.5 Å². The van der Waals surface area contributed by atoms with Gasteiger partial charge in [-0.15, -0.1) is 11.3 Å². The number of likely N-dealkylation sites (tertiary alicyclic amines) is 1. The van der Waals surface area contributed by atoms with Crippen molar-refractivity contribution in [2.24, 2.45) is 0 Å². The van der Waals surface area contributed by atoms with Crippen LogP contribution in [0.15, 0.2) is 0 Å². The van der Waals surface area contributed by atoms with Crippen molar-refractivity contribution in [3.05, 3.63) is 15.6 Å². The average molecular weight is 295 g/mol. The maximum atomic E-state index is 4.97. The van der Waals surface area contributed by atoms with Crippen molar-refractivity contribution >= 4 is 11.3 Å². The molecule has 1 aromatic rings. The Balaban J connectivity index is 2.28. The van der Waals surface area contributed by atoms with Crippen LogP contribution in [-0.2, 0) is 12.0 Å². The number of rotatable bonds is 5. The summed E-state index contributed by atoms with van der Waals surface area (Å²) < 4.78 is 0. The number of aromatic nitrogens is 1. The van der Waals surface area contributed by atoms with Gasteiger partial charge in [-0.3, -0.25) is 0 Å². The molecule has 1 aliphatic heterocycles. The highest BCUT2D eigenvalue weighted by molar-refractivity contribution is 7.11. The fourth-order valence-corrected chi connectivity index (χ4v) is 4.50. The molecule has 2 heterocycles. The van der Waals surface area contributed by atoms with Crippen LogP contribution in [0.1, 0.15) is 55.6 Å². The van der Waals surface area contributed by atoms with E-state index in [0.717, 1.165) is 13.0 Å². The first-order valence-electron chi connectivity index (χ1n) is 8.09. The van der Waals surface area contributed by atoms with E-state index in [-0.39, 0.29) is 5.54 Å². The Morgan fingerprint density at radius 2 is 2.05 bits per heavy atom. The monoisotopic (exact) mass is 295 g/mol. The molecule has 4 heteroatoms. The zero-order valence-electron chi connectivity index (χ0n) is 13.5. The predicted octanol–water partition coefficient (Wildman–Crippen LogP) is 3.32.